The molecule has 1 saturated heterocycles. The SMILES string of the molecule is CCCC(=N)c1nc(-c2ccc(OC)c(OC)c2)nc(N2CCC(O)CC2)c1[NH2+]C. The van der Waals surface area contributed by atoms with Crippen LogP contribution in [0.2, 0.25) is 0 Å². The standard InChI is InChI=1S/C22H31N5O3/c1-5-6-16(23)19-20(24-2)22(27-11-9-15(28)10-12-27)26-21(25-19)14-7-8-17(29-3)18(13-14)30-4/h7-8,13,15,23-24,28H,5-6,9-12H2,1-4H3/p+1. The van der Waals surface area contributed by atoms with Crippen LogP contribution in [0.5, 0.6) is 11.5 Å². The maximum absolute atomic E-state index is 9.93. The third kappa shape index (κ3) is 4.55. The van der Waals surface area contributed by atoms with Crippen LogP contribution in [0.4, 0.5) is 11.5 Å². The highest BCUT2D eigenvalue weighted by molar-refractivity contribution is 6.01. The van der Waals surface area contributed by atoms with Crippen LogP contribution in [-0.2, 0) is 0 Å². The molecule has 1 aliphatic rings. The van der Waals surface area contributed by atoms with Crippen LogP contribution in [0.3, 0.4) is 0 Å². The van der Waals surface area contributed by atoms with Crippen molar-refractivity contribution < 1.29 is 19.9 Å². The van der Waals surface area contributed by atoms with Gasteiger partial charge >= 0.3 is 0 Å². The first-order valence-corrected chi connectivity index (χ1v) is 10.5. The van der Waals surface area contributed by atoms with Gasteiger partial charge in [0.15, 0.2) is 34.5 Å². The highest BCUT2D eigenvalue weighted by Crippen LogP contribution is 2.34. The fourth-order valence-corrected chi connectivity index (χ4v) is 3.74. The highest BCUT2D eigenvalue weighted by Gasteiger charge is 2.27. The van der Waals surface area contributed by atoms with Crippen molar-refractivity contribution in [3.8, 4) is 22.9 Å². The van der Waals surface area contributed by atoms with Crippen molar-refractivity contribution in [2.45, 2.75) is 38.7 Å². The summed E-state index contributed by atoms with van der Waals surface area (Å²) in [6, 6.07) is 5.61. The lowest BCUT2D eigenvalue weighted by Crippen LogP contribution is -2.74. The summed E-state index contributed by atoms with van der Waals surface area (Å²) in [6.45, 7) is 3.52. The lowest BCUT2D eigenvalue weighted by molar-refractivity contribution is -0.539. The Balaban J connectivity index is 2.14. The van der Waals surface area contributed by atoms with Crippen molar-refractivity contribution in [2.24, 2.45) is 0 Å². The number of nitrogens with two attached hydrogens (primary N) is 1. The number of nitrogens with zero attached hydrogens (tertiary/aromatic N) is 3. The van der Waals surface area contributed by atoms with Gasteiger partial charge < -0.3 is 30.2 Å². The molecular formula is C22H32N5O3+. The van der Waals surface area contributed by atoms with Gasteiger partial charge in [0, 0.05) is 18.7 Å². The molecule has 3 rings (SSSR count). The molecule has 162 valence electrons. The molecular weight excluding hydrogens is 382 g/mol. The minimum atomic E-state index is -0.264. The third-order valence-corrected chi connectivity index (χ3v) is 5.41. The van der Waals surface area contributed by atoms with Crippen LogP contribution in [0.1, 0.15) is 38.3 Å². The molecule has 0 spiro atoms. The van der Waals surface area contributed by atoms with Gasteiger partial charge in [-0.1, -0.05) is 13.3 Å². The zero-order valence-corrected chi connectivity index (χ0v) is 18.2. The highest BCUT2D eigenvalue weighted by atomic mass is 16.5. The summed E-state index contributed by atoms with van der Waals surface area (Å²) >= 11 is 0. The monoisotopic (exact) mass is 414 g/mol. The van der Waals surface area contributed by atoms with Gasteiger partial charge in [0.05, 0.1) is 33.1 Å². The number of rotatable bonds is 8. The van der Waals surface area contributed by atoms with Crippen molar-refractivity contribution in [1.29, 1.82) is 5.41 Å². The number of ether oxygens (including phenoxy) is 2. The number of benzene rings is 1. The van der Waals surface area contributed by atoms with Gasteiger partial charge in [-0.05, 0) is 37.5 Å². The molecule has 30 heavy (non-hydrogen) atoms. The van der Waals surface area contributed by atoms with Crippen molar-refractivity contribution in [1.82, 2.24) is 9.97 Å². The number of piperidine rings is 1. The molecule has 1 fully saturated rings. The van der Waals surface area contributed by atoms with Gasteiger partial charge in [0.25, 0.3) is 0 Å². The van der Waals surface area contributed by atoms with Crippen LogP contribution in [-0.4, -0.2) is 61.2 Å². The molecule has 1 aromatic carbocycles. The molecule has 0 amide bonds. The number of quaternary nitrogens is 1. The second-order valence-corrected chi connectivity index (χ2v) is 7.44. The summed E-state index contributed by atoms with van der Waals surface area (Å²) in [4.78, 5) is 11.9. The first-order chi connectivity index (χ1) is 14.5. The first kappa shape index (κ1) is 22.0. The van der Waals surface area contributed by atoms with E-state index < -0.39 is 0 Å². The molecule has 1 aliphatic heterocycles. The third-order valence-electron chi connectivity index (χ3n) is 5.41. The Labute approximate surface area is 177 Å². The zero-order valence-electron chi connectivity index (χ0n) is 18.2. The average molecular weight is 415 g/mol. The quantitative estimate of drug-likeness (QED) is 0.571. The predicted octanol–water partition coefficient (Wildman–Crippen LogP) is 2.11. The molecule has 0 aliphatic carbocycles. The van der Waals surface area contributed by atoms with E-state index in [1.165, 1.54) is 0 Å². The average Bonchev–Trinajstić information content (AvgIpc) is 2.78. The maximum Gasteiger partial charge on any atom is 0.200 e. The van der Waals surface area contributed by atoms with E-state index in [1.807, 2.05) is 30.6 Å². The molecule has 4 N–H and O–H groups in total. The summed E-state index contributed by atoms with van der Waals surface area (Å²) in [7, 11) is 5.16. The molecule has 2 heterocycles. The van der Waals surface area contributed by atoms with Crippen molar-refractivity contribution in [3.63, 3.8) is 0 Å². The van der Waals surface area contributed by atoms with Crippen molar-refractivity contribution in [3.05, 3.63) is 23.9 Å². The van der Waals surface area contributed by atoms with E-state index in [-0.39, 0.29) is 6.10 Å². The van der Waals surface area contributed by atoms with Crippen LogP contribution in [0.15, 0.2) is 18.2 Å². The van der Waals surface area contributed by atoms with E-state index in [4.69, 9.17) is 24.9 Å². The lowest BCUT2D eigenvalue weighted by Gasteiger charge is -2.31. The Morgan fingerprint density at radius 1 is 1.20 bits per heavy atom. The summed E-state index contributed by atoms with van der Waals surface area (Å²) in [5.41, 5.74) is 2.86. The van der Waals surface area contributed by atoms with Crippen LogP contribution >= 0.6 is 0 Å². The topological polar surface area (TPSA) is 108 Å². The fourth-order valence-electron chi connectivity index (χ4n) is 3.74. The molecule has 0 unspecified atom stereocenters. The number of aliphatic hydroxyl groups is 1. The van der Waals surface area contributed by atoms with E-state index >= 15 is 0 Å². The summed E-state index contributed by atoms with van der Waals surface area (Å²) in [5.74, 6) is 2.63. The normalized spacial score (nSPS) is 14.6. The largest absolute Gasteiger partial charge is 0.493 e. The number of aromatic nitrogens is 2. The van der Waals surface area contributed by atoms with E-state index in [9.17, 15) is 5.11 Å². The smallest absolute Gasteiger partial charge is 0.200 e. The van der Waals surface area contributed by atoms with E-state index in [0.717, 1.165) is 36.6 Å². The number of nitrogens with one attached hydrogen (secondary N) is 1. The Bertz CT molecular complexity index is 895. The Morgan fingerprint density at radius 2 is 1.90 bits per heavy atom. The van der Waals surface area contributed by atoms with E-state index in [2.05, 4.69) is 11.8 Å². The predicted molar refractivity (Wildman–Crippen MR) is 117 cm³/mol. The molecule has 0 atom stereocenters. The van der Waals surface area contributed by atoms with Gasteiger partial charge in [-0.25, -0.2) is 9.97 Å². The van der Waals surface area contributed by atoms with Crippen molar-refractivity contribution >= 4 is 17.2 Å². The molecule has 8 nitrogen and oxygen atoms in total. The minimum absolute atomic E-state index is 0.264. The molecule has 1 aromatic heterocycles. The number of anilines is 1. The molecule has 0 radical (unpaired) electrons. The van der Waals surface area contributed by atoms with Crippen LogP contribution in [0, 0.1) is 5.41 Å². The van der Waals surface area contributed by atoms with Crippen LogP contribution in [0.25, 0.3) is 11.4 Å². The van der Waals surface area contributed by atoms with Crippen LogP contribution < -0.4 is 19.7 Å². The molecule has 0 saturated carbocycles. The first-order valence-electron chi connectivity index (χ1n) is 10.5. The molecule has 8 heteroatoms. The lowest BCUT2D eigenvalue weighted by atomic mass is 10.1. The van der Waals surface area contributed by atoms with Gasteiger partial charge in [0.1, 0.15) is 0 Å². The van der Waals surface area contributed by atoms with Crippen molar-refractivity contribution in [2.75, 3.05) is 39.3 Å². The zero-order chi connectivity index (χ0) is 21.7. The Morgan fingerprint density at radius 3 is 2.50 bits per heavy atom. The molecule has 2 aromatic rings. The van der Waals surface area contributed by atoms with Gasteiger partial charge in [-0.15, -0.1) is 0 Å². The number of aliphatic hydroxyl groups excluding tert-OH is 1. The second kappa shape index (κ2) is 9.86. The van der Waals surface area contributed by atoms with E-state index in [1.54, 1.807) is 14.2 Å². The number of hydrogen-bond donors (Lipinski definition) is 3. The number of methoxy groups -OCH3 is 2. The minimum Gasteiger partial charge on any atom is -0.493 e. The van der Waals surface area contributed by atoms with E-state index in [0.29, 0.717) is 48.0 Å². The number of hydrogen-bond acceptors (Lipinski definition) is 7. The van der Waals surface area contributed by atoms with Gasteiger partial charge in [0.2, 0.25) is 0 Å². The van der Waals surface area contributed by atoms with Gasteiger partial charge in [-0.3, -0.25) is 0 Å². The summed E-state index contributed by atoms with van der Waals surface area (Å²) in [5, 5.41) is 20.5. The summed E-state index contributed by atoms with van der Waals surface area (Å²) < 4.78 is 10.8. The Hall–Kier alpha value is -2.71. The second-order valence-electron chi connectivity index (χ2n) is 7.44. The molecule has 0 bridgehead atoms. The fraction of sp³-hybridized carbons (Fsp3) is 0.500. The Kier molecular flexibility index (Phi) is 7.23. The van der Waals surface area contributed by atoms with Gasteiger partial charge in [-0.2, -0.15) is 0 Å². The summed E-state index contributed by atoms with van der Waals surface area (Å²) in [6.07, 6.45) is 2.69. The maximum atomic E-state index is 9.93.